The van der Waals surface area contributed by atoms with Crippen molar-refractivity contribution in [3.05, 3.63) is 34.9 Å². The molecule has 3 nitrogen and oxygen atoms in total. The predicted molar refractivity (Wildman–Crippen MR) is 80.8 cm³/mol. The van der Waals surface area contributed by atoms with Gasteiger partial charge < -0.3 is 10.0 Å². The van der Waals surface area contributed by atoms with Gasteiger partial charge in [-0.2, -0.15) is 0 Å². The lowest BCUT2D eigenvalue weighted by molar-refractivity contribution is -0.131. The molecular weight excluding hydrogens is 262 g/mol. The first-order valence-corrected chi connectivity index (χ1v) is 6.73. The first-order valence-electron chi connectivity index (χ1n) is 6.35. The lowest BCUT2D eigenvalue weighted by atomic mass is 10.1. The Hall–Kier alpha value is -1.48. The quantitative estimate of drug-likeness (QED) is 0.804. The molecule has 0 fully saturated rings. The van der Waals surface area contributed by atoms with Crippen molar-refractivity contribution in [2.45, 2.75) is 20.3 Å². The molecule has 0 heterocycles. The number of halogens is 1. The molecule has 0 aliphatic rings. The second-order valence-corrected chi connectivity index (χ2v) is 5.21. The van der Waals surface area contributed by atoms with Gasteiger partial charge in [-0.05, 0) is 29.7 Å². The Bertz CT molecular complexity index is 471. The van der Waals surface area contributed by atoms with E-state index in [4.69, 9.17) is 16.7 Å². The summed E-state index contributed by atoms with van der Waals surface area (Å²) in [5.41, 5.74) is 1.81. The van der Waals surface area contributed by atoms with E-state index in [1.54, 1.807) is 12.1 Å². The molecule has 4 heteroatoms. The van der Waals surface area contributed by atoms with E-state index in [2.05, 4.69) is 18.7 Å². The van der Waals surface area contributed by atoms with Gasteiger partial charge in [0, 0.05) is 30.4 Å². The number of anilines is 1. The lowest BCUT2D eigenvalue weighted by Gasteiger charge is -2.24. The molecule has 104 valence electrons. The lowest BCUT2D eigenvalue weighted by Crippen LogP contribution is -2.24. The summed E-state index contributed by atoms with van der Waals surface area (Å²) in [5, 5.41) is 9.37. The van der Waals surface area contributed by atoms with Gasteiger partial charge in [0.15, 0.2) is 0 Å². The van der Waals surface area contributed by atoms with E-state index in [1.165, 1.54) is 0 Å². The minimum atomic E-state index is -0.953. The molecule has 0 radical (unpaired) electrons. The summed E-state index contributed by atoms with van der Waals surface area (Å²) in [5.74, 6) is -0.384. The Kier molecular flexibility index (Phi) is 5.90. The first-order chi connectivity index (χ1) is 8.93. The highest BCUT2D eigenvalue weighted by Gasteiger charge is 2.09. The number of benzene rings is 1. The zero-order valence-electron chi connectivity index (χ0n) is 11.6. The molecule has 0 aromatic heterocycles. The van der Waals surface area contributed by atoms with Crippen LogP contribution < -0.4 is 4.90 Å². The van der Waals surface area contributed by atoms with Crippen LogP contribution in [-0.2, 0) is 4.79 Å². The van der Waals surface area contributed by atoms with Gasteiger partial charge >= 0.3 is 5.97 Å². The first kappa shape index (κ1) is 15.6. The smallest absolute Gasteiger partial charge is 0.328 e. The molecule has 0 amide bonds. The van der Waals surface area contributed by atoms with Gasteiger partial charge in [-0.15, -0.1) is 0 Å². The molecule has 1 N–H and O–H groups in total. The molecule has 0 aliphatic carbocycles. The largest absolute Gasteiger partial charge is 0.478 e. The molecule has 0 bridgehead atoms. The Balaban J connectivity index is 3.02. The molecule has 1 atom stereocenters. The maximum atomic E-state index is 10.6. The molecule has 0 saturated heterocycles. The number of nitrogens with zero attached hydrogens (tertiary/aromatic N) is 1. The van der Waals surface area contributed by atoms with Crippen molar-refractivity contribution in [3.63, 3.8) is 0 Å². The summed E-state index contributed by atoms with van der Waals surface area (Å²) in [6, 6.07) is 5.47. The van der Waals surface area contributed by atoms with Crippen LogP contribution in [0.15, 0.2) is 24.3 Å². The van der Waals surface area contributed by atoms with Crippen LogP contribution in [0.1, 0.15) is 25.8 Å². The normalized spacial score (nSPS) is 12.6. The van der Waals surface area contributed by atoms with Crippen molar-refractivity contribution >= 4 is 29.3 Å². The van der Waals surface area contributed by atoms with E-state index in [1.807, 2.05) is 19.2 Å². The van der Waals surface area contributed by atoms with Crippen LogP contribution >= 0.6 is 11.6 Å². The van der Waals surface area contributed by atoms with Gasteiger partial charge in [0.05, 0.1) is 0 Å². The summed E-state index contributed by atoms with van der Waals surface area (Å²) >= 11 is 6.03. The highest BCUT2D eigenvalue weighted by molar-refractivity contribution is 6.31. The van der Waals surface area contributed by atoms with Gasteiger partial charge in [0.2, 0.25) is 0 Å². The third-order valence-electron chi connectivity index (χ3n) is 3.09. The Morgan fingerprint density at radius 2 is 2.21 bits per heavy atom. The van der Waals surface area contributed by atoms with Gasteiger partial charge in [-0.1, -0.05) is 37.9 Å². The molecule has 0 saturated carbocycles. The van der Waals surface area contributed by atoms with E-state index in [-0.39, 0.29) is 0 Å². The fourth-order valence-corrected chi connectivity index (χ4v) is 2.01. The van der Waals surface area contributed by atoms with Crippen LogP contribution in [0.5, 0.6) is 0 Å². The molecule has 19 heavy (non-hydrogen) atoms. The van der Waals surface area contributed by atoms with Crippen LogP contribution in [-0.4, -0.2) is 24.7 Å². The summed E-state index contributed by atoms with van der Waals surface area (Å²) in [4.78, 5) is 12.7. The Morgan fingerprint density at radius 3 is 2.79 bits per heavy atom. The highest BCUT2D eigenvalue weighted by Crippen LogP contribution is 2.26. The summed E-state index contributed by atoms with van der Waals surface area (Å²) in [6.07, 6.45) is 3.84. The van der Waals surface area contributed by atoms with Crippen molar-refractivity contribution in [2.75, 3.05) is 18.5 Å². The van der Waals surface area contributed by atoms with Crippen molar-refractivity contribution in [1.29, 1.82) is 0 Å². The third kappa shape index (κ3) is 4.95. The standard InChI is InChI=1S/C15H20ClNO2/c1-4-11(2)10-17(3)14-9-13(16)7-5-12(14)6-8-15(18)19/h5-9,11H,4,10H2,1-3H3,(H,18,19)/b8-6+. The average molecular weight is 282 g/mol. The maximum Gasteiger partial charge on any atom is 0.328 e. The number of hydrogen-bond acceptors (Lipinski definition) is 2. The molecule has 0 spiro atoms. The topological polar surface area (TPSA) is 40.5 Å². The van der Waals surface area contributed by atoms with Gasteiger partial charge in [-0.3, -0.25) is 0 Å². The number of aliphatic carboxylic acids is 1. The maximum absolute atomic E-state index is 10.6. The molecule has 1 aromatic rings. The number of hydrogen-bond donors (Lipinski definition) is 1. The molecular formula is C15H20ClNO2. The van der Waals surface area contributed by atoms with Crippen LogP contribution in [0.2, 0.25) is 5.02 Å². The zero-order valence-corrected chi connectivity index (χ0v) is 12.3. The average Bonchev–Trinajstić information content (AvgIpc) is 2.36. The second-order valence-electron chi connectivity index (χ2n) is 4.77. The molecule has 0 aliphatic heterocycles. The van der Waals surface area contributed by atoms with Crippen molar-refractivity contribution in [1.82, 2.24) is 0 Å². The van der Waals surface area contributed by atoms with Gasteiger partial charge in [0.1, 0.15) is 0 Å². The summed E-state index contributed by atoms with van der Waals surface area (Å²) < 4.78 is 0. The van der Waals surface area contributed by atoms with E-state index in [0.717, 1.165) is 30.3 Å². The third-order valence-corrected chi connectivity index (χ3v) is 3.33. The zero-order chi connectivity index (χ0) is 14.4. The number of carboxylic acids is 1. The summed E-state index contributed by atoms with van der Waals surface area (Å²) in [6.45, 7) is 5.25. The Morgan fingerprint density at radius 1 is 1.53 bits per heavy atom. The van der Waals surface area contributed by atoms with Crippen molar-refractivity contribution in [3.8, 4) is 0 Å². The van der Waals surface area contributed by atoms with Crippen LogP contribution in [0.4, 0.5) is 5.69 Å². The van der Waals surface area contributed by atoms with Gasteiger partial charge in [-0.25, -0.2) is 4.79 Å². The minimum absolute atomic E-state index is 0.570. The monoisotopic (exact) mass is 281 g/mol. The van der Waals surface area contributed by atoms with Crippen LogP contribution in [0.25, 0.3) is 6.08 Å². The Labute approximate surface area is 119 Å². The molecule has 1 rings (SSSR count). The van der Waals surface area contributed by atoms with E-state index < -0.39 is 5.97 Å². The summed E-state index contributed by atoms with van der Waals surface area (Å²) in [7, 11) is 2.00. The van der Waals surface area contributed by atoms with Gasteiger partial charge in [0.25, 0.3) is 0 Å². The fraction of sp³-hybridized carbons (Fsp3) is 0.400. The van der Waals surface area contributed by atoms with E-state index in [9.17, 15) is 4.79 Å². The number of carboxylic acid groups (broad SMARTS) is 1. The van der Waals surface area contributed by atoms with E-state index in [0.29, 0.717) is 10.9 Å². The van der Waals surface area contributed by atoms with Crippen molar-refractivity contribution < 1.29 is 9.90 Å². The molecule has 1 aromatic carbocycles. The number of rotatable bonds is 6. The minimum Gasteiger partial charge on any atom is -0.478 e. The number of carbonyl (C=O) groups is 1. The molecule has 1 unspecified atom stereocenters. The van der Waals surface area contributed by atoms with Crippen LogP contribution in [0.3, 0.4) is 0 Å². The SMILES string of the molecule is CCC(C)CN(C)c1cc(Cl)ccc1/C=C/C(=O)O. The van der Waals surface area contributed by atoms with E-state index >= 15 is 0 Å². The fourth-order valence-electron chi connectivity index (χ4n) is 1.84. The second kappa shape index (κ2) is 7.19. The predicted octanol–water partition coefficient (Wildman–Crippen LogP) is 3.92. The highest BCUT2D eigenvalue weighted by atomic mass is 35.5. The van der Waals surface area contributed by atoms with Crippen molar-refractivity contribution in [2.24, 2.45) is 5.92 Å². The van der Waals surface area contributed by atoms with Crippen LogP contribution in [0, 0.1) is 5.92 Å².